The fourth-order valence-corrected chi connectivity index (χ4v) is 4.99. The highest BCUT2D eigenvalue weighted by Gasteiger charge is 2.49. The van der Waals surface area contributed by atoms with Crippen LogP contribution in [0, 0.1) is 0 Å². The van der Waals surface area contributed by atoms with Crippen LogP contribution in [0.25, 0.3) is 11.4 Å². The van der Waals surface area contributed by atoms with Gasteiger partial charge in [0.25, 0.3) is 11.8 Å². The van der Waals surface area contributed by atoms with E-state index in [2.05, 4.69) is 0 Å². The second-order valence-electron chi connectivity index (χ2n) is 9.20. The molecule has 0 atom stereocenters. The van der Waals surface area contributed by atoms with Crippen LogP contribution in [0.2, 0.25) is 0 Å². The van der Waals surface area contributed by atoms with Gasteiger partial charge in [0.05, 0.1) is 64.1 Å². The third-order valence-electron chi connectivity index (χ3n) is 6.90. The summed E-state index contributed by atoms with van der Waals surface area (Å²) >= 11 is 0. The van der Waals surface area contributed by atoms with Gasteiger partial charge in [-0.05, 0) is 42.8 Å². The lowest BCUT2D eigenvalue weighted by Gasteiger charge is -2.24. The summed E-state index contributed by atoms with van der Waals surface area (Å²) in [6.45, 7) is 1.52. The lowest BCUT2D eigenvalue weighted by Crippen LogP contribution is -2.33. The van der Waals surface area contributed by atoms with E-state index in [9.17, 15) is 19.2 Å². The molecule has 0 saturated heterocycles. The van der Waals surface area contributed by atoms with Crippen LogP contribution in [0.15, 0.2) is 47.5 Å². The van der Waals surface area contributed by atoms with E-state index in [-0.39, 0.29) is 41.4 Å². The van der Waals surface area contributed by atoms with Crippen molar-refractivity contribution in [3.05, 3.63) is 58.7 Å². The van der Waals surface area contributed by atoms with Crippen LogP contribution in [0.5, 0.6) is 23.0 Å². The highest BCUT2D eigenvalue weighted by atomic mass is 16.5. The second-order valence-corrected chi connectivity index (χ2v) is 9.20. The number of fused-ring (bicyclic) bond motifs is 1. The summed E-state index contributed by atoms with van der Waals surface area (Å²) in [4.78, 5) is 55.3. The van der Waals surface area contributed by atoms with Gasteiger partial charge in [0.1, 0.15) is 6.29 Å². The van der Waals surface area contributed by atoms with Gasteiger partial charge in [-0.25, -0.2) is 0 Å². The lowest BCUT2D eigenvalue weighted by atomic mass is 10.0. The van der Waals surface area contributed by atoms with Crippen molar-refractivity contribution in [2.75, 3.05) is 41.5 Å². The Hall–Kier alpha value is -4.60. The molecular formula is C30H32N2O8. The molecule has 0 saturated carbocycles. The molecule has 40 heavy (non-hydrogen) atoms. The first-order valence-electron chi connectivity index (χ1n) is 12.9. The number of Topliss-reactive ketones (excluding diaryl/α,β-unsaturated/α-hetero) is 1. The third-order valence-corrected chi connectivity index (χ3v) is 6.90. The first-order valence-corrected chi connectivity index (χ1v) is 12.9. The molecule has 10 nitrogen and oxygen atoms in total. The van der Waals surface area contributed by atoms with E-state index in [1.165, 1.54) is 38.2 Å². The smallest absolute Gasteiger partial charge is 0.261 e. The summed E-state index contributed by atoms with van der Waals surface area (Å²) < 4.78 is 21.6. The van der Waals surface area contributed by atoms with E-state index >= 15 is 0 Å². The van der Waals surface area contributed by atoms with E-state index in [0.29, 0.717) is 53.3 Å². The molecule has 0 aromatic heterocycles. The molecule has 0 bridgehead atoms. The third kappa shape index (κ3) is 4.92. The SMILES string of the molecule is CCCCC(=O)CN1C(=O)C2=C(c3ccc(OC)c(OC)c3)N(CC=O)C(=O)C2=C1c1ccc(OC)c(OC)c1. The fourth-order valence-electron chi connectivity index (χ4n) is 4.99. The van der Waals surface area contributed by atoms with Crippen molar-refractivity contribution in [1.82, 2.24) is 9.80 Å². The van der Waals surface area contributed by atoms with Crippen molar-refractivity contribution in [3.8, 4) is 23.0 Å². The largest absolute Gasteiger partial charge is 0.493 e. The molecule has 2 aromatic rings. The fraction of sp³-hybridized carbons (Fsp3) is 0.333. The summed E-state index contributed by atoms with van der Waals surface area (Å²) in [6.07, 6.45) is 2.43. The summed E-state index contributed by atoms with van der Waals surface area (Å²) in [7, 11) is 5.97. The summed E-state index contributed by atoms with van der Waals surface area (Å²) in [5, 5.41) is 0. The van der Waals surface area contributed by atoms with Crippen LogP contribution >= 0.6 is 0 Å². The van der Waals surface area contributed by atoms with Gasteiger partial charge in [0.2, 0.25) is 0 Å². The molecule has 0 radical (unpaired) electrons. The Balaban J connectivity index is 1.99. The van der Waals surface area contributed by atoms with Crippen molar-refractivity contribution in [1.29, 1.82) is 0 Å². The van der Waals surface area contributed by atoms with Crippen molar-refractivity contribution in [2.45, 2.75) is 26.2 Å². The molecule has 210 valence electrons. The van der Waals surface area contributed by atoms with E-state index in [1.54, 1.807) is 36.4 Å². The van der Waals surface area contributed by atoms with Gasteiger partial charge in [-0.3, -0.25) is 24.2 Å². The van der Waals surface area contributed by atoms with Crippen LogP contribution in [0.4, 0.5) is 0 Å². The van der Waals surface area contributed by atoms with Crippen molar-refractivity contribution >= 4 is 35.3 Å². The van der Waals surface area contributed by atoms with Gasteiger partial charge in [-0.2, -0.15) is 0 Å². The Morgan fingerprint density at radius 3 is 1.68 bits per heavy atom. The number of hydrogen-bond acceptors (Lipinski definition) is 8. The minimum Gasteiger partial charge on any atom is -0.493 e. The lowest BCUT2D eigenvalue weighted by molar-refractivity contribution is -0.128. The number of benzene rings is 2. The van der Waals surface area contributed by atoms with E-state index in [4.69, 9.17) is 18.9 Å². The molecule has 0 spiro atoms. The summed E-state index contributed by atoms with van der Waals surface area (Å²) in [5.41, 5.74) is 1.75. The van der Waals surface area contributed by atoms with Gasteiger partial charge in [0, 0.05) is 17.5 Å². The number of nitrogens with zero attached hydrogens (tertiary/aromatic N) is 2. The number of carbonyl (C=O) groups is 4. The predicted octanol–water partition coefficient (Wildman–Crippen LogP) is 3.49. The second kappa shape index (κ2) is 12.1. The van der Waals surface area contributed by atoms with Crippen molar-refractivity contribution < 1.29 is 38.1 Å². The topological polar surface area (TPSA) is 112 Å². The highest BCUT2D eigenvalue weighted by Crippen LogP contribution is 2.48. The maximum atomic E-state index is 14.1. The van der Waals surface area contributed by atoms with Crippen LogP contribution < -0.4 is 18.9 Å². The number of ether oxygens (including phenoxy) is 4. The minimum atomic E-state index is -0.520. The van der Waals surface area contributed by atoms with E-state index < -0.39 is 11.8 Å². The van der Waals surface area contributed by atoms with Gasteiger partial charge >= 0.3 is 0 Å². The molecule has 0 N–H and O–H groups in total. The molecule has 2 aromatic carbocycles. The van der Waals surface area contributed by atoms with Crippen LogP contribution in [0.1, 0.15) is 37.3 Å². The van der Waals surface area contributed by atoms with E-state index in [0.717, 1.165) is 6.42 Å². The molecule has 2 amide bonds. The number of carbonyl (C=O) groups excluding carboxylic acids is 4. The maximum Gasteiger partial charge on any atom is 0.261 e. The van der Waals surface area contributed by atoms with Gasteiger partial charge in [0.15, 0.2) is 28.8 Å². The van der Waals surface area contributed by atoms with Crippen LogP contribution in [-0.4, -0.2) is 75.2 Å². The first-order chi connectivity index (χ1) is 19.3. The van der Waals surface area contributed by atoms with Gasteiger partial charge in [-0.1, -0.05) is 13.3 Å². The molecule has 2 aliphatic rings. The average Bonchev–Trinajstić information content (AvgIpc) is 3.41. The molecule has 0 fully saturated rings. The number of hydrogen-bond donors (Lipinski definition) is 0. The Bertz CT molecular complexity index is 1420. The Morgan fingerprint density at radius 1 is 0.750 bits per heavy atom. The zero-order valence-corrected chi connectivity index (χ0v) is 23.2. The van der Waals surface area contributed by atoms with Crippen LogP contribution in [-0.2, 0) is 19.2 Å². The quantitative estimate of drug-likeness (QED) is 0.350. The first kappa shape index (κ1) is 28.4. The number of methoxy groups -OCH3 is 4. The maximum absolute atomic E-state index is 14.1. The highest BCUT2D eigenvalue weighted by molar-refractivity contribution is 6.31. The van der Waals surface area contributed by atoms with Crippen molar-refractivity contribution in [3.63, 3.8) is 0 Å². The molecule has 4 rings (SSSR count). The van der Waals surface area contributed by atoms with Crippen LogP contribution in [0.3, 0.4) is 0 Å². The number of rotatable bonds is 13. The zero-order chi connectivity index (χ0) is 29.0. The average molecular weight is 549 g/mol. The number of amides is 2. The zero-order valence-electron chi connectivity index (χ0n) is 23.2. The number of ketones is 1. The molecule has 2 heterocycles. The molecule has 0 aliphatic carbocycles. The van der Waals surface area contributed by atoms with Gasteiger partial charge < -0.3 is 23.7 Å². The molecule has 10 heteroatoms. The Labute approximate surface area is 232 Å². The summed E-state index contributed by atoms with van der Waals surface area (Å²) in [5.74, 6) is 0.565. The molecule has 2 aliphatic heterocycles. The molecule has 0 unspecified atom stereocenters. The Morgan fingerprint density at radius 2 is 1.23 bits per heavy atom. The predicted molar refractivity (Wildman–Crippen MR) is 147 cm³/mol. The van der Waals surface area contributed by atoms with Gasteiger partial charge in [-0.15, -0.1) is 0 Å². The number of unbranched alkanes of at least 4 members (excludes halogenated alkanes) is 1. The molecular weight excluding hydrogens is 516 g/mol. The minimum absolute atomic E-state index is 0.118. The normalized spacial score (nSPS) is 14.6. The van der Waals surface area contributed by atoms with E-state index in [1.807, 2.05) is 6.92 Å². The van der Waals surface area contributed by atoms with Crippen molar-refractivity contribution in [2.24, 2.45) is 0 Å². The Kier molecular flexibility index (Phi) is 8.57. The monoisotopic (exact) mass is 548 g/mol. The number of aldehydes is 1. The standard InChI is InChI=1S/C30H32N2O8/c1-6-7-8-20(34)17-32-28(19-10-12-22(38-3)24(16-19)40-5)26-25(30(32)36)27(31(13-14-33)29(26)35)18-9-11-21(37-2)23(15-18)39-4/h9-12,14-16H,6-8,13,17H2,1-5H3. The summed E-state index contributed by atoms with van der Waals surface area (Å²) in [6, 6.07) is 10.0.